The first kappa shape index (κ1) is 20.1. The number of benzene rings is 1. The van der Waals surface area contributed by atoms with Gasteiger partial charge >= 0.3 is 6.03 Å². The summed E-state index contributed by atoms with van der Waals surface area (Å²) >= 11 is 1.59. The van der Waals surface area contributed by atoms with Gasteiger partial charge in [0.25, 0.3) is 5.91 Å². The maximum Gasteiger partial charge on any atom is 0.325 e. The molecule has 148 valence electrons. The fourth-order valence-electron chi connectivity index (χ4n) is 3.50. The number of carbonyl (C=O) groups is 3. The zero-order valence-corrected chi connectivity index (χ0v) is 17.2. The number of rotatable bonds is 7. The van der Waals surface area contributed by atoms with E-state index in [9.17, 15) is 14.4 Å². The molecule has 28 heavy (non-hydrogen) atoms. The van der Waals surface area contributed by atoms with Gasteiger partial charge in [-0.15, -0.1) is 11.3 Å². The molecule has 0 bridgehead atoms. The Hall–Kier alpha value is -2.67. The predicted octanol–water partition coefficient (Wildman–Crippen LogP) is 3.26. The molecule has 0 aliphatic carbocycles. The number of hydrogen-bond donors (Lipinski definition) is 1. The van der Waals surface area contributed by atoms with Gasteiger partial charge < -0.3 is 10.2 Å². The molecule has 7 heteroatoms. The van der Waals surface area contributed by atoms with Crippen LogP contribution in [0, 0.1) is 6.92 Å². The van der Waals surface area contributed by atoms with Crippen LogP contribution in [0.25, 0.3) is 0 Å². The Kier molecular flexibility index (Phi) is 5.84. The lowest BCUT2D eigenvalue weighted by Gasteiger charge is -2.27. The number of hydrogen-bond acceptors (Lipinski definition) is 4. The molecule has 4 amide bonds. The van der Waals surface area contributed by atoms with E-state index in [2.05, 4.69) is 5.32 Å². The van der Waals surface area contributed by atoms with E-state index in [1.165, 1.54) is 0 Å². The summed E-state index contributed by atoms with van der Waals surface area (Å²) in [7, 11) is 1.69. The summed E-state index contributed by atoms with van der Waals surface area (Å²) in [6.07, 6.45) is 1.21. The highest BCUT2D eigenvalue weighted by Gasteiger charge is 2.52. The van der Waals surface area contributed by atoms with Crippen LogP contribution in [0.2, 0.25) is 0 Å². The Bertz CT molecular complexity index is 880. The lowest BCUT2D eigenvalue weighted by molar-refractivity contribution is -0.139. The van der Waals surface area contributed by atoms with Crippen molar-refractivity contribution >= 4 is 29.2 Å². The van der Waals surface area contributed by atoms with Crippen molar-refractivity contribution in [1.29, 1.82) is 0 Å². The van der Waals surface area contributed by atoms with Crippen LogP contribution in [0.1, 0.15) is 35.8 Å². The van der Waals surface area contributed by atoms with Crippen LogP contribution in [-0.4, -0.2) is 41.2 Å². The van der Waals surface area contributed by atoms with E-state index in [1.54, 1.807) is 23.3 Å². The average Bonchev–Trinajstić information content (AvgIpc) is 3.19. The lowest BCUT2D eigenvalue weighted by Crippen LogP contribution is -2.45. The van der Waals surface area contributed by atoms with Crippen LogP contribution in [0.4, 0.5) is 4.79 Å². The molecule has 1 saturated heterocycles. The van der Waals surface area contributed by atoms with Crippen molar-refractivity contribution < 1.29 is 14.4 Å². The van der Waals surface area contributed by atoms with E-state index in [0.717, 1.165) is 27.3 Å². The van der Waals surface area contributed by atoms with E-state index < -0.39 is 11.6 Å². The summed E-state index contributed by atoms with van der Waals surface area (Å²) in [6.45, 7) is 4.17. The molecule has 2 heterocycles. The molecule has 3 rings (SSSR count). The maximum atomic E-state index is 13.2. The summed E-state index contributed by atoms with van der Waals surface area (Å²) in [4.78, 5) is 42.2. The van der Waals surface area contributed by atoms with Gasteiger partial charge in [-0.1, -0.05) is 43.7 Å². The van der Waals surface area contributed by atoms with Crippen LogP contribution in [0.3, 0.4) is 0 Å². The number of amides is 4. The molecular weight excluding hydrogens is 374 g/mol. The molecule has 2 aromatic rings. The van der Waals surface area contributed by atoms with Crippen molar-refractivity contribution in [2.75, 3.05) is 13.6 Å². The molecule has 1 aromatic heterocycles. The fraction of sp³-hybridized carbons (Fsp3) is 0.381. The normalized spacial score (nSPS) is 19.0. The van der Waals surface area contributed by atoms with Gasteiger partial charge in [0.05, 0.1) is 6.54 Å². The minimum absolute atomic E-state index is 0.260. The van der Waals surface area contributed by atoms with Crippen molar-refractivity contribution in [2.24, 2.45) is 0 Å². The highest BCUT2D eigenvalue weighted by molar-refractivity contribution is 7.10. The standard InChI is InChI=1S/C21H25N3O3S/c1-4-11-21(16-8-6-5-7-9-16)19(26)24(20(27)22-21)14-18(25)23(3)13-17-15(2)10-12-28-17/h5-10,12H,4,11,13-14H2,1-3H3,(H,22,27)/t21-/m0/s1. The number of nitrogens with one attached hydrogen (secondary N) is 1. The number of nitrogens with zero attached hydrogens (tertiary/aromatic N) is 2. The van der Waals surface area contributed by atoms with Crippen molar-refractivity contribution in [3.05, 3.63) is 57.8 Å². The highest BCUT2D eigenvalue weighted by Crippen LogP contribution is 2.33. The number of imide groups is 1. The van der Waals surface area contributed by atoms with Gasteiger partial charge in [0.15, 0.2) is 0 Å². The highest BCUT2D eigenvalue weighted by atomic mass is 32.1. The van der Waals surface area contributed by atoms with E-state index in [0.29, 0.717) is 13.0 Å². The van der Waals surface area contributed by atoms with E-state index >= 15 is 0 Å². The third-order valence-electron chi connectivity index (χ3n) is 5.14. The number of thiophene rings is 1. The molecule has 0 unspecified atom stereocenters. The Balaban J connectivity index is 1.77. The monoisotopic (exact) mass is 399 g/mol. The molecule has 0 saturated carbocycles. The van der Waals surface area contributed by atoms with Crippen LogP contribution >= 0.6 is 11.3 Å². The fourth-order valence-corrected chi connectivity index (χ4v) is 4.46. The van der Waals surface area contributed by atoms with Crippen LogP contribution in [0.15, 0.2) is 41.8 Å². The Morgan fingerprint density at radius 3 is 2.54 bits per heavy atom. The minimum atomic E-state index is -1.10. The zero-order valence-electron chi connectivity index (χ0n) is 16.4. The van der Waals surface area contributed by atoms with E-state index in [-0.39, 0.29) is 18.4 Å². The summed E-state index contributed by atoms with van der Waals surface area (Å²) in [5.74, 6) is -0.628. The zero-order chi connectivity index (χ0) is 20.3. The number of carbonyl (C=O) groups excluding carboxylic acids is 3. The molecule has 6 nitrogen and oxygen atoms in total. The minimum Gasteiger partial charge on any atom is -0.339 e. The molecule has 1 atom stereocenters. The quantitative estimate of drug-likeness (QED) is 0.727. The van der Waals surface area contributed by atoms with Gasteiger partial charge in [-0.2, -0.15) is 0 Å². The molecular formula is C21H25N3O3S. The maximum absolute atomic E-state index is 13.2. The van der Waals surface area contributed by atoms with Gasteiger partial charge in [-0.25, -0.2) is 4.79 Å². The Morgan fingerprint density at radius 2 is 1.93 bits per heavy atom. The van der Waals surface area contributed by atoms with Gasteiger partial charge in [0.1, 0.15) is 12.1 Å². The number of likely N-dealkylation sites (N-methyl/N-ethyl adjacent to an activating group) is 1. The topological polar surface area (TPSA) is 69.7 Å². The summed E-state index contributed by atoms with van der Waals surface area (Å²) in [6, 6.07) is 10.7. The van der Waals surface area contributed by atoms with E-state index in [4.69, 9.17) is 0 Å². The summed E-state index contributed by atoms with van der Waals surface area (Å²) in [5, 5.41) is 4.84. The Labute approximate surface area is 169 Å². The third-order valence-corrected chi connectivity index (χ3v) is 6.14. The van der Waals surface area contributed by atoms with Crippen molar-refractivity contribution in [3.63, 3.8) is 0 Å². The molecule has 1 aliphatic rings. The number of aryl methyl sites for hydroxylation is 1. The first-order valence-corrected chi connectivity index (χ1v) is 10.2. The largest absolute Gasteiger partial charge is 0.339 e. The van der Waals surface area contributed by atoms with Crippen molar-refractivity contribution in [2.45, 2.75) is 38.8 Å². The first-order valence-electron chi connectivity index (χ1n) is 9.35. The van der Waals surface area contributed by atoms with Gasteiger partial charge in [0.2, 0.25) is 5.91 Å². The average molecular weight is 400 g/mol. The molecule has 1 aromatic carbocycles. The lowest BCUT2D eigenvalue weighted by atomic mass is 9.85. The smallest absolute Gasteiger partial charge is 0.325 e. The number of urea groups is 1. The SMILES string of the molecule is CCC[C@@]1(c2ccccc2)NC(=O)N(CC(=O)N(C)Cc2sccc2C)C1=O. The second-order valence-corrected chi connectivity index (χ2v) is 8.12. The Morgan fingerprint density at radius 1 is 1.21 bits per heavy atom. The second-order valence-electron chi connectivity index (χ2n) is 7.12. The van der Waals surface area contributed by atoms with Gasteiger partial charge in [-0.3, -0.25) is 14.5 Å². The summed E-state index contributed by atoms with van der Waals surface area (Å²) < 4.78 is 0. The molecule has 1 N–H and O–H groups in total. The van der Waals surface area contributed by atoms with Gasteiger partial charge in [0, 0.05) is 11.9 Å². The first-order chi connectivity index (χ1) is 13.4. The van der Waals surface area contributed by atoms with Crippen LogP contribution in [0.5, 0.6) is 0 Å². The molecule has 1 aliphatic heterocycles. The summed E-state index contributed by atoms with van der Waals surface area (Å²) in [5.41, 5.74) is 0.773. The van der Waals surface area contributed by atoms with Crippen molar-refractivity contribution in [3.8, 4) is 0 Å². The van der Waals surface area contributed by atoms with Crippen LogP contribution < -0.4 is 5.32 Å². The molecule has 0 spiro atoms. The van der Waals surface area contributed by atoms with Gasteiger partial charge in [-0.05, 0) is 35.9 Å². The van der Waals surface area contributed by atoms with Crippen LogP contribution in [-0.2, 0) is 21.7 Å². The molecule has 0 radical (unpaired) electrons. The molecule has 1 fully saturated rings. The predicted molar refractivity (Wildman–Crippen MR) is 109 cm³/mol. The van der Waals surface area contributed by atoms with Crippen molar-refractivity contribution in [1.82, 2.24) is 15.1 Å². The second kappa shape index (κ2) is 8.14. The van der Waals surface area contributed by atoms with E-state index in [1.807, 2.05) is 55.6 Å². The third kappa shape index (κ3) is 3.67.